The van der Waals surface area contributed by atoms with E-state index < -0.39 is 11.6 Å². The number of benzene rings is 1. The summed E-state index contributed by atoms with van der Waals surface area (Å²) < 4.78 is 32.9. The molecule has 0 amide bonds. The van der Waals surface area contributed by atoms with Crippen molar-refractivity contribution in [1.82, 2.24) is 4.98 Å². The maximum atomic E-state index is 13.8. The van der Waals surface area contributed by atoms with Crippen LogP contribution in [0.2, 0.25) is 0 Å². The molecule has 1 aromatic carbocycles. The Morgan fingerprint density at radius 1 is 1.35 bits per heavy atom. The molecule has 0 saturated heterocycles. The van der Waals surface area contributed by atoms with Crippen molar-refractivity contribution in [1.29, 1.82) is 0 Å². The maximum absolute atomic E-state index is 13.8. The molecule has 106 valence electrons. The number of halogens is 2. The lowest BCUT2D eigenvalue weighted by molar-refractivity contribution is 0.477. The van der Waals surface area contributed by atoms with Crippen LogP contribution in [-0.2, 0) is 6.54 Å². The number of nitrogens with one attached hydrogen (secondary N) is 1. The molecule has 0 aliphatic heterocycles. The minimum Gasteiger partial charge on any atom is -0.444 e. The molecule has 0 bridgehead atoms. The van der Waals surface area contributed by atoms with Crippen LogP contribution < -0.4 is 11.1 Å². The van der Waals surface area contributed by atoms with Crippen molar-refractivity contribution >= 4 is 22.9 Å². The van der Waals surface area contributed by atoms with Crippen LogP contribution >= 0.6 is 12.2 Å². The van der Waals surface area contributed by atoms with Gasteiger partial charge in [-0.3, -0.25) is 0 Å². The summed E-state index contributed by atoms with van der Waals surface area (Å²) in [5.74, 6) is -0.510. The highest BCUT2D eigenvalue weighted by atomic mass is 32.1. The molecule has 0 saturated carbocycles. The van der Waals surface area contributed by atoms with Gasteiger partial charge in [0.15, 0.2) is 0 Å². The Labute approximate surface area is 120 Å². The third-order valence-corrected chi connectivity index (χ3v) is 3.05. The Balaban J connectivity index is 2.19. The molecule has 7 heteroatoms. The van der Waals surface area contributed by atoms with Gasteiger partial charge in [0.2, 0.25) is 5.89 Å². The largest absolute Gasteiger partial charge is 0.444 e. The molecule has 0 atom stereocenters. The van der Waals surface area contributed by atoms with Crippen LogP contribution in [0.25, 0.3) is 0 Å². The number of nitrogens with two attached hydrogens (primary N) is 1. The van der Waals surface area contributed by atoms with Crippen molar-refractivity contribution < 1.29 is 13.2 Å². The molecule has 0 fully saturated rings. The van der Waals surface area contributed by atoms with Crippen molar-refractivity contribution in [2.75, 3.05) is 5.32 Å². The van der Waals surface area contributed by atoms with Crippen LogP contribution in [0.5, 0.6) is 0 Å². The van der Waals surface area contributed by atoms with Gasteiger partial charge in [-0.05, 0) is 26.0 Å². The highest BCUT2D eigenvalue weighted by molar-refractivity contribution is 7.80. The van der Waals surface area contributed by atoms with Gasteiger partial charge in [0, 0.05) is 5.56 Å². The Bertz CT molecular complexity index is 627. The van der Waals surface area contributed by atoms with E-state index in [9.17, 15) is 8.78 Å². The molecule has 2 rings (SSSR count). The summed E-state index contributed by atoms with van der Waals surface area (Å²) in [5.41, 5.74) is 5.96. The summed E-state index contributed by atoms with van der Waals surface area (Å²) in [7, 11) is 0. The first-order chi connectivity index (χ1) is 9.38. The van der Waals surface area contributed by atoms with E-state index in [0.717, 1.165) is 17.8 Å². The number of aryl methyl sites for hydroxylation is 2. The summed E-state index contributed by atoms with van der Waals surface area (Å²) >= 11 is 4.68. The molecule has 1 aromatic heterocycles. The van der Waals surface area contributed by atoms with Crippen LogP contribution in [0.15, 0.2) is 16.5 Å². The SMILES string of the molecule is Cc1nc(CNc2c(F)cc(C(N)=S)cc2F)oc1C. The first-order valence-electron chi connectivity index (χ1n) is 5.84. The molecule has 0 aliphatic rings. The second kappa shape index (κ2) is 5.54. The zero-order chi connectivity index (χ0) is 14.9. The Morgan fingerprint density at radius 3 is 2.40 bits per heavy atom. The van der Waals surface area contributed by atoms with Crippen LogP contribution in [0.1, 0.15) is 22.9 Å². The third kappa shape index (κ3) is 2.93. The predicted octanol–water partition coefficient (Wildman–Crippen LogP) is 2.82. The summed E-state index contributed by atoms with van der Waals surface area (Å²) in [6.07, 6.45) is 0. The fourth-order valence-electron chi connectivity index (χ4n) is 1.66. The standard InChI is InChI=1S/C13H13F2N3OS/c1-6-7(2)19-11(18-6)5-17-12-9(14)3-8(13(16)20)4-10(12)15/h3-4,17H,5H2,1-2H3,(H2,16,20). The first-order valence-corrected chi connectivity index (χ1v) is 6.25. The lowest BCUT2D eigenvalue weighted by atomic mass is 10.2. The fraction of sp³-hybridized carbons (Fsp3) is 0.231. The average Bonchev–Trinajstić information content (AvgIpc) is 2.67. The quantitative estimate of drug-likeness (QED) is 0.850. The number of oxazole rings is 1. The second-order valence-electron chi connectivity index (χ2n) is 4.28. The molecule has 0 radical (unpaired) electrons. The van der Waals surface area contributed by atoms with Gasteiger partial charge in [-0.25, -0.2) is 13.8 Å². The second-order valence-corrected chi connectivity index (χ2v) is 4.72. The normalized spacial score (nSPS) is 10.6. The Morgan fingerprint density at radius 2 is 1.95 bits per heavy atom. The van der Waals surface area contributed by atoms with Gasteiger partial charge in [-0.2, -0.15) is 0 Å². The van der Waals surface area contributed by atoms with E-state index in [-0.39, 0.29) is 22.8 Å². The third-order valence-electron chi connectivity index (χ3n) is 2.82. The number of anilines is 1. The molecule has 0 aliphatic carbocycles. The van der Waals surface area contributed by atoms with E-state index in [0.29, 0.717) is 11.7 Å². The fourth-order valence-corrected chi connectivity index (χ4v) is 1.78. The number of nitrogens with zero attached hydrogens (tertiary/aromatic N) is 1. The molecule has 0 spiro atoms. The lowest BCUT2D eigenvalue weighted by Crippen LogP contribution is -2.12. The Hall–Kier alpha value is -2.02. The maximum Gasteiger partial charge on any atom is 0.213 e. The first kappa shape index (κ1) is 14.4. The van der Waals surface area contributed by atoms with Crippen LogP contribution in [0.3, 0.4) is 0 Å². The molecule has 2 aromatic rings. The highest BCUT2D eigenvalue weighted by Gasteiger charge is 2.13. The van der Waals surface area contributed by atoms with Crippen LogP contribution in [-0.4, -0.2) is 9.97 Å². The van der Waals surface area contributed by atoms with Crippen molar-refractivity contribution in [3.8, 4) is 0 Å². The molecule has 1 heterocycles. The van der Waals surface area contributed by atoms with Crippen molar-refractivity contribution in [2.24, 2.45) is 5.73 Å². The smallest absolute Gasteiger partial charge is 0.213 e. The van der Waals surface area contributed by atoms with E-state index in [1.54, 1.807) is 13.8 Å². The highest BCUT2D eigenvalue weighted by Crippen LogP contribution is 2.22. The average molecular weight is 297 g/mol. The zero-order valence-electron chi connectivity index (χ0n) is 11.0. The molecule has 3 N–H and O–H groups in total. The van der Waals surface area contributed by atoms with E-state index in [1.807, 2.05) is 0 Å². The monoisotopic (exact) mass is 297 g/mol. The van der Waals surface area contributed by atoms with Gasteiger partial charge in [0.05, 0.1) is 12.2 Å². The number of rotatable bonds is 4. The topological polar surface area (TPSA) is 64.1 Å². The van der Waals surface area contributed by atoms with Crippen molar-refractivity contribution in [3.63, 3.8) is 0 Å². The molecular weight excluding hydrogens is 284 g/mol. The summed E-state index contributed by atoms with van der Waals surface area (Å²) in [4.78, 5) is 4.05. The van der Waals surface area contributed by atoms with E-state index >= 15 is 0 Å². The molecule has 20 heavy (non-hydrogen) atoms. The number of hydrogen-bond acceptors (Lipinski definition) is 4. The van der Waals surface area contributed by atoms with E-state index in [2.05, 4.69) is 22.5 Å². The number of thiocarbonyl (C=S) groups is 1. The van der Waals surface area contributed by atoms with Crippen LogP contribution in [0.4, 0.5) is 14.5 Å². The van der Waals surface area contributed by atoms with Crippen LogP contribution in [0, 0.1) is 25.5 Å². The van der Waals surface area contributed by atoms with E-state index in [4.69, 9.17) is 10.2 Å². The minimum atomic E-state index is -0.771. The van der Waals surface area contributed by atoms with Gasteiger partial charge >= 0.3 is 0 Å². The minimum absolute atomic E-state index is 0.0618. The zero-order valence-corrected chi connectivity index (χ0v) is 11.8. The van der Waals surface area contributed by atoms with Crippen molar-refractivity contribution in [2.45, 2.75) is 20.4 Å². The predicted molar refractivity (Wildman–Crippen MR) is 75.5 cm³/mol. The van der Waals surface area contributed by atoms with Gasteiger partial charge in [-0.1, -0.05) is 12.2 Å². The number of aromatic nitrogens is 1. The lowest BCUT2D eigenvalue weighted by Gasteiger charge is -2.08. The Kier molecular flexibility index (Phi) is 3.99. The summed E-state index contributed by atoms with van der Waals surface area (Å²) in [6, 6.07) is 2.17. The van der Waals surface area contributed by atoms with Gasteiger partial charge < -0.3 is 15.5 Å². The van der Waals surface area contributed by atoms with E-state index in [1.165, 1.54) is 0 Å². The van der Waals surface area contributed by atoms with Gasteiger partial charge in [0.25, 0.3) is 0 Å². The molecule has 4 nitrogen and oxygen atoms in total. The molecular formula is C13H13F2N3OS. The molecule has 0 unspecified atom stereocenters. The van der Waals surface area contributed by atoms with Crippen molar-refractivity contribution in [3.05, 3.63) is 46.7 Å². The van der Waals surface area contributed by atoms with Gasteiger partial charge in [-0.15, -0.1) is 0 Å². The summed E-state index contributed by atoms with van der Waals surface area (Å²) in [6.45, 7) is 3.64. The van der Waals surface area contributed by atoms with Gasteiger partial charge in [0.1, 0.15) is 28.1 Å². The summed E-state index contributed by atoms with van der Waals surface area (Å²) in [5, 5.41) is 2.61. The number of hydrogen-bond donors (Lipinski definition) is 2.